The standard InChI is InChI=1S/C12H20O4S/c1-9-7-5-6-8-12(9,4)17(14,15)16-11(3)10(2)13/h5-11,13H,1-4H3. The third-order valence-electron chi connectivity index (χ3n) is 3.34. The van der Waals surface area contributed by atoms with Crippen LogP contribution in [0.25, 0.3) is 0 Å². The molecule has 0 aromatic rings. The van der Waals surface area contributed by atoms with Crippen LogP contribution in [-0.4, -0.2) is 30.5 Å². The number of aliphatic hydroxyl groups is 1. The van der Waals surface area contributed by atoms with E-state index in [2.05, 4.69) is 0 Å². The minimum Gasteiger partial charge on any atom is -0.391 e. The molecule has 1 aliphatic carbocycles. The van der Waals surface area contributed by atoms with E-state index in [4.69, 9.17) is 4.18 Å². The summed E-state index contributed by atoms with van der Waals surface area (Å²) in [4.78, 5) is 0. The van der Waals surface area contributed by atoms with Gasteiger partial charge in [0.2, 0.25) is 0 Å². The van der Waals surface area contributed by atoms with Crippen LogP contribution >= 0.6 is 0 Å². The van der Waals surface area contributed by atoms with E-state index in [0.29, 0.717) is 0 Å². The lowest BCUT2D eigenvalue weighted by Crippen LogP contribution is -2.43. The van der Waals surface area contributed by atoms with Crippen LogP contribution in [0, 0.1) is 5.92 Å². The Morgan fingerprint density at radius 2 is 1.94 bits per heavy atom. The number of aliphatic hydroxyl groups excluding tert-OH is 1. The maximum atomic E-state index is 12.2. The second kappa shape index (κ2) is 4.92. The third kappa shape index (κ3) is 2.78. The fraction of sp³-hybridized carbons (Fsp3) is 0.667. The van der Waals surface area contributed by atoms with Gasteiger partial charge in [0, 0.05) is 0 Å². The zero-order valence-corrected chi connectivity index (χ0v) is 11.4. The summed E-state index contributed by atoms with van der Waals surface area (Å²) in [5.74, 6) is -0.168. The van der Waals surface area contributed by atoms with Crippen LogP contribution in [0.1, 0.15) is 27.7 Å². The van der Waals surface area contributed by atoms with E-state index in [1.807, 2.05) is 19.1 Å². The highest BCUT2D eigenvalue weighted by Gasteiger charge is 2.43. The van der Waals surface area contributed by atoms with Crippen LogP contribution in [0.3, 0.4) is 0 Å². The first-order chi connectivity index (χ1) is 7.71. The third-order valence-corrected chi connectivity index (χ3v) is 5.48. The summed E-state index contributed by atoms with van der Waals surface area (Å²) < 4.78 is 28.4. The molecule has 1 N–H and O–H groups in total. The topological polar surface area (TPSA) is 63.6 Å². The van der Waals surface area contributed by atoms with Gasteiger partial charge in [0.05, 0.1) is 12.2 Å². The van der Waals surface area contributed by atoms with Gasteiger partial charge in [0.25, 0.3) is 10.1 Å². The molecule has 4 nitrogen and oxygen atoms in total. The molecule has 0 saturated heterocycles. The quantitative estimate of drug-likeness (QED) is 0.780. The highest BCUT2D eigenvalue weighted by atomic mass is 32.2. The SMILES string of the molecule is CC(O)C(C)OS(=O)(=O)C1(C)C=CC=CC1C. The lowest BCUT2D eigenvalue weighted by molar-refractivity contribution is 0.0622. The lowest BCUT2D eigenvalue weighted by atomic mass is 9.91. The van der Waals surface area contributed by atoms with Crippen molar-refractivity contribution >= 4 is 10.1 Å². The number of hydrogen-bond donors (Lipinski definition) is 1. The van der Waals surface area contributed by atoms with E-state index in [-0.39, 0.29) is 5.92 Å². The predicted octanol–water partition coefficient (Wildman–Crippen LogP) is 1.62. The first-order valence-corrected chi connectivity index (χ1v) is 7.08. The summed E-state index contributed by atoms with van der Waals surface area (Å²) in [5, 5.41) is 9.31. The van der Waals surface area contributed by atoms with Crippen LogP contribution in [0.15, 0.2) is 24.3 Å². The Morgan fingerprint density at radius 1 is 1.35 bits per heavy atom. The van der Waals surface area contributed by atoms with Gasteiger partial charge < -0.3 is 5.11 Å². The van der Waals surface area contributed by atoms with Crippen molar-refractivity contribution in [2.45, 2.75) is 44.6 Å². The van der Waals surface area contributed by atoms with Crippen LogP contribution in [0.5, 0.6) is 0 Å². The molecule has 0 bridgehead atoms. The minimum atomic E-state index is -3.77. The highest BCUT2D eigenvalue weighted by molar-refractivity contribution is 7.88. The first-order valence-electron chi connectivity index (χ1n) is 5.67. The Bertz CT molecular complexity index is 422. The molecule has 4 unspecified atom stereocenters. The number of hydrogen-bond acceptors (Lipinski definition) is 4. The van der Waals surface area contributed by atoms with Crippen LogP contribution < -0.4 is 0 Å². The number of rotatable bonds is 4. The van der Waals surface area contributed by atoms with E-state index in [1.54, 1.807) is 26.0 Å². The highest BCUT2D eigenvalue weighted by Crippen LogP contribution is 2.33. The van der Waals surface area contributed by atoms with Crippen molar-refractivity contribution in [1.82, 2.24) is 0 Å². The largest absolute Gasteiger partial charge is 0.391 e. The zero-order chi connectivity index (χ0) is 13.3. The van der Waals surface area contributed by atoms with Crippen LogP contribution in [-0.2, 0) is 14.3 Å². The zero-order valence-electron chi connectivity index (χ0n) is 10.6. The molecule has 1 rings (SSSR count). The second-order valence-corrected chi connectivity index (χ2v) is 6.69. The summed E-state index contributed by atoms with van der Waals surface area (Å²) in [6.07, 6.45) is 5.40. The monoisotopic (exact) mass is 260 g/mol. The van der Waals surface area contributed by atoms with Crippen molar-refractivity contribution in [2.24, 2.45) is 5.92 Å². The summed E-state index contributed by atoms with van der Waals surface area (Å²) in [7, 11) is -3.77. The summed E-state index contributed by atoms with van der Waals surface area (Å²) in [5.41, 5.74) is 0. The smallest absolute Gasteiger partial charge is 0.277 e. The molecular formula is C12H20O4S. The fourth-order valence-corrected chi connectivity index (χ4v) is 3.06. The van der Waals surface area contributed by atoms with Crippen LogP contribution in [0.2, 0.25) is 0 Å². The van der Waals surface area contributed by atoms with Gasteiger partial charge in [0.1, 0.15) is 4.75 Å². The van der Waals surface area contributed by atoms with Crippen molar-refractivity contribution in [2.75, 3.05) is 0 Å². The fourth-order valence-electron chi connectivity index (χ4n) is 1.52. The van der Waals surface area contributed by atoms with Crippen molar-refractivity contribution < 1.29 is 17.7 Å². The molecule has 0 saturated carbocycles. The van der Waals surface area contributed by atoms with Gasteiger partial charge >= 0.3 is 0 Å². The van der Waals surface area contributed by atoms with Gasteiger partial charge in [-0.2, -0.15) is 8.42 Å². The van der Waals surface area contributed by atoms with E-state index in [9.17, 15) is 13.5 Å². The molecule has 0 amide bonds. The van der Waals surface area contributed by atoms with Gasteiger partial charge in [-0.3, -0.25) is 4.18 Å². The van der Waals surface area contributed by atoms with Gasteiger partial charge in [-0.05, 0) is 26.7 Å². The summed E-state index contributed by atoms with van der Waals surface area (Å²) in [6.45, 7) is 6.50. The van der Waals surface area contributed by atoms with E-state index in [0.717, 1.165) is 0 Å². The molecule has 1 aliphatic rings. The Labute approximate surface area is 103 Å². The van der Waals surface area contributed by atoms with Crippen molar-refractivity contribution in [3.63, 3.8) is 0 Å². The second-order valence-electron chi connectivity index (χ2n) is 4.71. The molecular weight excluding hydrogens is 240 g/mol. The van der Waals surface area contributed by atoms with Crippen molar-refractivity contribution in [1.29, 1.82) is 0 Å². The molecule has 0 aliphatic heterocycles. The van der Waals surface area contributed by atoms with Gasteiger partial charge in [0.15, 0.2) is 0 Å². The van der Waals surface area contributed by atoms with Crippen LogP contribution in [0.4, 0.5) is 0 Å². The Kier molecular flexibility index (Phi) is 4.17. The summed E-state index contributed by atoms with van der Waals surface area (Å²) in [6, 6.07) is 0. The summed E-state index contributed by atoms with van der Waals surface area (Å²) >= 11 is 0. The van der Waals surface area contributed by atoms with Gasteiger partial charge in [-0.25, -0.2) is 0 Å². The van der Waals surface area contributed by atoms with Gasteiger partial charge in [-0.15, -0.1) is 0 Å². The van der Waals surface area contributed by atoms with Crippen molar-refractivity contribution in [3.8, 4) is 0 Å². The van der Waals surface area contributed by atoms with Crippen molar-refractivity contribution in [3.05, 3.63) is 24.3 Å². The Morgan fingerprint density at radius 3 is 2.41 bits per heavy atom. The lowest BCUT2D eigenvalue weighted by Gasteiger charge is -2.33. The maximum absolute atomic E-state index is 12.2. The molecule has 0 heterocycles. The molecule has 5 heteroatoms. The molecule has 0 spiro atoms. The Hall–Kier alpha value is -0.650. The normalized spacial score (nSPS) is 32.4. The molecule has 0 fully saturated rings. The average Bonchev–Trinajstić information content (AvgIpc) is 2.21. The van der Waals surface area contributed by atoms with E-state index >= 15 is 0 Å². The molecule has 4 atom stereocenters. The first kappa shape index (κ1) is 14.4. The molecule has 0 radical (unpaired) electrons. The molecule has 0 aromatic heterocycles. The molecule has 17 heavy (non-hydrogen) atoms. The maximum Gasteiger partial charge on any atom is 0.277 e. The predicted molar refractivity (Wildman–Crippen MR) is 67.0 cm³/mol. The number of allylic oxidation sites excluding steroid dienone is 3. The van der Waals surface area contributed by atoms with E-state index < -0.39 is 27.1 Å². The minimum absolute atomic E-state index is 0.168. The van der Waals surface area contributed by atoms with E-state index in [1.165, 1.54) is 6.92 Å². The molecule has 98 valence electrons. The molecule has 0 aromatic carbocycles. The van der Waals surface area contributed by atoms with Gasteiger partial charge in [-0.1, -0.05) is 31.2 Å². The Balaban J connectivity index is 2.98. The average molecular weight is 260 g/mol.